The lowest BCUT2D eigenvalue weighted by Gasteiger charge is -2.20. The molecule has 1 aromatic carbocycles. The highest BCUT2D eigenvalue weighted by atomic mass is 16.5. The van der Waals surface area contributed by atoms with Crippen molar-refractivity contribution in [2.45, 2.75) is 38.3 Å². The van der Waals surface area contributed by atoms with Crippen LogP contribution in [0.15, 0.2) is 18.2 Å². The van der Waals surface area contributed by atoms with Gasteiger partial charge in [0.25, 0.3) is 0 Å². The maximum Gasteiger partial charge on any atom is 0.223 e. The Labute approximate surface area is 125 Å². The average molecular weight is 292 g/mol. The minimum Gasteiger partial charge on any atom is -0.497 e. The first-order valence-electron chi connectivity index (χ1n) is 7.33. The lowest BCUT2D eigenvalue weighted by Crippen LogP contribution is -2.32. The first kappa shape index (κ1) is 15.6. The topological polar surface area (TPSA) is 73.6 Å². The molecule has 3 unspecified atom stereocenters. The number of hydrogen-bond acceptors (Lipinski definition) is 4. The largest absolute Gasteiger partial charge is 0.497 e. The molecule has 3 N–H and O–H groups in total. The Kier molecular flexibility index (Phi) is 5.07. The normalized spacial score (nSPS) is 22.7. The van der Waals surface area contributed by atoms with Crippen molar-refractivity contribution in [2.24, 2.45) is 11.7 Å². The van der Waals surface area contributed by atoms with Crippen LogP contribution < -0.4 is 20.5 Å². The summed E-state index contributed by atoms with van der Waals surface area (Å²) in [7, 11) is 3.23. The third kappa shape index (κ3) is 3.67. The van der Waals surface area contributed by atoms with Gasteiger partial charge in [0.1, 0.15) is 11.5 Å². The first-order valence-corrected chi connectivity index (χ1v) is 7.33. The molecule has 1 fully saturated rings. The van der Waals surface area contributed by atoms with E-state index in [4.69, 9.17) is 15.2 Å². The molecule has 1 saturated carbocycles. The van der Waals surface area contributed by atoms with Crippen molar-refractivity contribution in [1.82, 2.24) is 5.32 Å². The number of nitrogens with one attached hydrogen (secondary N) is 1. The molecule has 0 aliphatic heterocycles. The van der Waals surface area contributed by atoms with Crippen LogP contribution in [0.4, 0.5) is 0 Å². The number of amides is 1. The molecule has 116 valence electrons. The van der Waals surface area contributed by atoms with E-state index in [-0.39, 0.29) is 23.9 Å². The maximum atomic E-state index is 12.3. The fourth-order valence-corrected chi connectivity index (χ4v) is 2.84. The standard InChI is InChI=1S/C16H24N2O3/c1-10(18-16(19)11-4-5-12(17)8-11)14-7-6-13(20-2)9-15(14)21-3/h6-7,9-12H,4-5,8,17H2,1-3H3,(H,18,19). The predicted octanol–water partition coefficient (Wildman–Crippen LogP) is 2.01. The molecule has 5 heteroatoms. The summed E-state index contributed by atoms with van der Waals surface area (Å²) in [5.74, 6) is 1.56. The predicted molar refractivity (Wildman–Crippen MR) is 81.4 cm³/mol. The quantitative estimate of drug-likeness (QED) is 0.870. The summed E-state index contributed by atoms with van der Waals surface area (Å²) in [6.45, 7) is 1.96. The SMILES string of the molecule is COc1ccc(C(C)NC(=O)C2CCC(N)C2)c(OC)c1. The van der Waals surface area contributed by atoms with Crippen molar-refractivity contribution in [2.75, 3.05) is 14.2 Å². The molecule has 1 amide bonds. The van der Waals surface area contributed by atoms with E-state index in [1.807, 2.05) is 25.1 Å². The molecular weight excluding hydrogens is 268 g/mol. The van der Waals surface area contributed by atoms with Gasteiger partial charge < -0.3 is 20.5 Å². The van der Waals surface area contributed by atoms with Gasteiger partial charge in [0.05, 0.1) is 20.3 Å². The number of carbonyl (C=O) groups is 1. The lowest BCUT2D eigenvalue weighted by atomic mass is 10.0. The van der Waals surface area contributed by atoms with Crippen LogP contribution in [0.3, 0.4) is 0 Å². The zero-order chi connectivity index (χ0) is 15.4. The van der Waals surface area contributed by atoms with Crippen molar-refractivity contribution >= 4 is 5.91 Å². The van der Waals surface area contributed by atoms with E-state index in [2.05, 4.69) is 5.32 Å². The monoisotopic (exact) mass is 292 g/mol. The molecule has 1 aromatic rings. The van der Waals surface area contributed by atoms with Crippen LogP contribution >= 0.6 is 0 Å². The molecule has 0 aromatic heterocycles. The van der Waals surface area contributed by atoms with E-state index < -0.39 is 0 Å². The van der Waals surface area contributed by atoms with Gasteiger partial charge in [-0.05, 0) is 38.3 Å². The van der Waals surface area contributed by atoms with Crippen molar-refractivity contribution in [1.29, 1.82) is 0 Å². The Hall–Kier alpha value is -1.75. The molecule has 0 spiro atoms. The second-order valence-electron chi connectivity index (χ2n) is 5.61. The van der Waals surface area contributed by atoms with Crippen molar-refractivity contribution in [3.8, 4) is 11.5 Å². The van der Waals surface area contributed by atoms with E-state index in [0.29, 0.717) is 5.75 Å². The number of hydrogen-bond donors (Lipinski definition) is 2. The molecule has 0 heterocycles. The zero-order valence-corrected chi connectivity index (χ0v) is 12.9. The molecular formula is C16H24N2O3. The summed E-state index contributed by atoms with van der Waals surface area (Å²) < 4.78 is 10.6. The zero-order valence-electron chi connectivity index (χ0n) is 12.9. The van der Waals surface area contributed by atoms with Crippen LogP contribution in [0.1, 0.15) is 37.8 Å². The fourth-order valence-electron chi connectivity index (χ4n) is 2.84. The molecule has 0 saturated heterocycles. The Morgan fingerprint density at radius 3 is 2.67 bits per heavy atom. The Balaban J connectivity index is 2.05. The van der Waals surface area contributed by atoms with Crippen molar-refractivity contribution in [3.05, 3.63) is 23.8 Å². The first-order chi connectivity index (χ1) is 10.0. The minimum absolute atomic E-state index is 0.0340. The van der Waals surface area contributed by atoms with Gasteiger partial charge >= 0.3 is 0 Å². The minimum atomic E-state index is -0.116. The van der Waals surface area contributed by atoms with Crippen LogP contribution in [0.25, 0.3) is 0 Å². The third-order valence-corrected chi connectivity index (χ3v) is 4.11. The van der Waals surface area contributed by atoms with E-state index in [1.54, 1.807) is 14.2 Å². The number of carbonyl (C=O) groups excluding carboxylic acids is 1. The van der Waals surface area contributed by atoms with Crippen LogP contribution in [-0.2, 0) is 4.79 Å². The highest BCUT2D eigenvalue weighted by Gasteiger charge is 2.28. The van der Waals surface area contributed by atoms with E-state index in [0.717, 1.165) is 30.6 Å². The number of rotatable bonds is 5. The van der Waals surface area contributed by atoms with E-state index in [1.165, 1.54) is 0 Å². The van der Waals surface area contributed by atoms with Gasteiger partial charge in [-0.1, -0.05) is 0 Å². The second kappa shape index (κ2) is 6.80. The van der Waals surface area contributed by atoms with Crippen LogP contribution in [0.2, 0.25) is 0 Å². The Morgan fingerprint density at radius 1 is 1.33 bits per heavy atom. The van der Waals surface area contributed by atoms with Crippen molar-refractivity contribution < 1.29 is 14.3 Å². The van der Waals surface area contributed by atoms with Gasteiger partial charge in [0, 0.05) is 23.6 Å². The molecule has 2 rings (SSSR count). The van der Waals surface area contributed by atoms with Crippen LogP contribution in [0.5, 0.6) is 11.5 Å². The van der Waals surface area contributed by atoms with Crippen LogP contribution in [0, 0.1) is 5.92 Å². The van der Waals surface area contributed by atoms with E-state index >= 15 is 0 Å². The molecule has 1 aliphatic carbocycles. The number of ether oxygens (including phenoxy) is 2. The maximum absolute atomic E-state index is 12.3. The number of nitrogens with two attached hydrogens (primary N) is 1. The summed E-state index contributed by atoms with van der Waals surface area (Å²) >= 11 is 0. The van der Waals surface area contributed by atoms with Gasteiger partial charge in [-0.25, -0.2) is 0 Å². The molecule has 3 atom stereocenters. The van der Waals surface area contributed by atoms with Crippen molar-refractivity contribution in [3.63, 3.8) is 0 Å². The molecule has 0 radical (unpaired) electrons. The summed E-state index contributed by atoms with van der Waals surface area (Å²) in [5, 5.41) is 3.06. The van der Waals surface area contributed by atoms with E-state index in [9.17, 15) is 4.79 Å². The molecule has 1 aliphatic rings. The van der Waals surface area contributed by atoms with Gasteiger partial charge in [0.15, 0.2) is 0 Å². The second-order valence-corrected chi connectivity index (χ2v) is 5.61. The average Bonchev–Trinajstić information content (AvgIpc) is 2.93. The lowest BCUT2D eigenvalue weighted by molar-refractivity contribution is -0.125. The molecule has 5 nitrogen and oxygen atoms in total. The molecule has 0 bridgehead atoms. The Bertz CT molecular complexity index is 504. The fraction of sp³-hybridized carbons (Fsp3) is 0.562. The highest BCUT2D eigenvalue weighted by Crippen LogP contribution is 2.30. The Morgan fingerprint density at radius 2 is 2.10 bits per heavy atom. The van der Waals surface area contributed by atoms with Gasteiger partial charge in [-0.2, -0.15) is 0 Å². The smallest absolute Gasteiger partial charge is 0.223 e. The molecule has 21 heavy (non-hydrogen) atoms. The third-order valence-electron chi connectivity index (χ3n) is 4.11. The summed E-state index contributed by atoms with van der Waals surface area (Å²) in [6.07, 6.45) is 2.58. The van der Waals surface area contributed by atoms with Crippen LogP contribution in [-0.4, -0.2) is 26.2 Å². The summed E-state index contributed by atoms with van der Waals surface area (Å²) in [4.78, 5) is 12.3. The van der Waals surface area contributed by atoms with Gasteiger partial charge in [0.2, 0.25) is 5.91 Å². The van der Waals surface area contributed by atoms with Gasteiger partial charge in [-0.15, -0.1) is 0 Å². The number of methoxy groups -OCH3 is 2. The van der Waals surface area contributed by atoms with Gasteiger partial charge in [-0.3, -0.25) is 4.79 Å². The summed E-state index contributed by atoms with van der Waals surface area (Å²) in [6, 6.07) is 5.65. The summed E-state index contributed by atoms with van der Waals surface area (Å²) in [5.41, 5.74) is 6.81. The highest BCUT2D eigenvalue weighted by molar-refractivity contribution is 5.79. The number of benzene rings is 1.